The summed E-state index contributed by atoms with van der Waals surface area (Å²) in [5.41, 5.74) is 1.69. The molecule has 7 nitrogen and oxygen atoms in total. The lowest BCUT2D eigenvalue weighted by Crippen LogP contribution is -2.12. The molecule has 28 heavy (non-hydrogen) atoms. The van der Waals surface area contributed by atoms with Gasteiger partial charge in [-0.2, -0.15) is 0 Å². The summed E-state index contributed by atoms with van der Waals surface area (Å²) >= 11 is 0. The summed E-state index contributed by atoms with van der Waals surface area (Å²) in [6, 6.07) is 11.2. The van der Waals surface area contributed by atoms with Crippen molar-refractivity contribution >= 4 is 23.5 Å². The predicted molar refractivity (Wildman–Crippen MR) is 105 cm³/mol. The highest BCUT2D eigenvalue weighted by Gasteiger charge is 2.16. The number of hydrogen-bond acceptors (Lipinski definition) is 6. The molecule has 0 radical (unpaired) electrons. The molecule has 0 saturated carbocycles. The SMILES string of the molecule is COC(=O)COc1ccc(C(=O)/C=C/c2ccc(C(C)C)c([N+](=O)[O-])c2)cc1. The van der Waals surface area contributed by atoms with Crippen molar-refractivity contribution in [3.8, 4) is 5.75 Å². The average molecular weight is 383 g/mol. The third-order valence-corrected chi connectivity index (χ3v) is 4.02. The van der Waals surface area contributed by atoms with E-state index in [-0.39, 0.29) is 24.0 Å². The number of carbonyl (C=O) groups is 2. The molecule has 0 saturated heterocycles. The van der Waals surface area contributed by atoms with Crippen LogP contribution in [0.5, 0.6) is 5.75 Å². The molecule has 2 rings (SSSR count). The molecule has 0 aliphatic heterocycles. The van der Waals surface area contributed by atoms with Crippen LogP contribution in [-0.4, -0.2) is 30.4 Å². The minimum Gasteiger partial charge on any atom is -0.482 e. The van der Waals surface area contributed by atoms with Crippen LogP contribution in [0.15, 0.2) is 48.5 Å². The zero-order valence-corrected chi connectivity index (χ0v) is 15.9. The van der Waals surface area contributed by atoms with E-state index in [1.807, 2.05) is 13.8 Å². The van der Waals surface area contributed by atoms with Gasteiger partial charge in [-0.15, -0.1) is 0 Å². The van der Waals surface area contributed by atoms with Gasteiger partial charge >= 0.3 is 5.97 Å². The predicted octanol–water partition coefficient (Wildman–Crippen LogP) is 4.17. The van der Waals surface area contributed by atoms with Crippen molar-refractivity contribution in [2.24, 2.45) is 0 Å². The topological polar surface area (TPSA) is 95.7 Å². The quantitative estimate of drug-likeness (QED) is 0.223. The van der Waals surface area contributed by atoms with Crippen LogP contribution in [0.2, 0.25) is 0 Å². The second-order valence-electron chi connectivity index (χ2n) is 6.32. The first kappa shape index (κ1) is 20.8. The van der Waals surface area contributed by atoms with Crippen LogP contribution in [0.25, 0.3) is 6.08 Å². The van der Waals surface area contributed by atoms with Crippen LogP contribution < -0.4 is 4.74 Å². The number of hydrogen-bond donors (Lipinski definition) is 0. The van der Waals surface area contributed by atoms with E-state index >= 15 is 0 Å². The van der Waals surface area contributed by atoms with Gasteiger partial charge in [-0.25, -0.2) is 4.79 Å². The fraction of sp³-hybridized carbons (Fsp3) is 0.238. The van der Waals surface area contributed by atoms with Crippen molar-refractivity contribution in [3.05, 3.63) is 75.3 Å². The molecule has 0 bridgehead atoms. The zero-order valence-electron chi connectivity index (χ0n) is 15.9. The van der Waals surface area contributed by atoms with Crippen LogP contribution >= 0.6 is 0 Å². The molecule has 2 aromatic carbocycles. The second kappa shape index (κ2) is 9.45. The van der Waals surface area contributed by atoms with Crippen LogP contribution in [-0.2, 0) is 9.53 Å². The Kier molecular flexibility index (Phi) is 7.03. The van der Waals surface area contributed by atoms with Gasteiger partial charge in [-0.3, -0.25) is 14.9 Å². The van der Waals surface area contributed by atoms with Crippen LogP contribution in [0.4, 0.5) is 5.69 Å². The molecular formula is C21H21NO6. The number of ketones is 1. The highest BCUT2D eigenvalue weighted by atomic mass is 16.6. The van der Waals surface area contributed by atoms with Gasteiger partial charge in [0.25, 0.3) is 5.69 Å². The number of rotatable bonds is 8. The third-order valence-electron chi connectivity index (χ3n) is 4.02. The van der Waals surface area contributed by atoms with Gasteiger partial charge in [0.1, 0.15) is 5.75 Å². The van der Waals surface area contributed by atoms with Gasteiger partial charge < -0.3 is 9.47 Å². The van der Waals surface area contributed by atoms with Gasteiger partial charge in [0.2, 0.25) is 0 Å². The summed E-state index contributed by atoms with van der Waals surface area (Å²) < 4.78 is 9.70. The van der Waals surface area contributed by atoms with Crippen molar-refractivity contribution in [2.75, 3.05) is 13.7 Å². The van der Waals surface area contributed by atoms with E-state index < -0.39 is 10.9 Å². The van der Waals surface area contributed by atoms with E-state index in [1.165, 1.54) is 19.3 Å². The number of allylic oxidation sites excluding steroid dienone is 1. The van der Waals surface area contributed by atoms with Crippen LogP contribution in [0, 0.1) is 10.1 Å². The lowest BCUT2D eigenvalue weighted by molar-refractivity contribution is -0.385. The Labute approximate surface area is 162 Å². The monoisotopic (exact) mass is 383 g/mol. The largest absolute Gasteiger partial charge is 0.482 e. The average Bonchev–Trinajstić information content (AvgIpc) is 2.70. The summed E-state index contributed by atoms with van der Waals surface area (Å²) in [4.78, 5) is 34.2. The van der Waals surface area contributed by atoms with Crippen molar-refractivity contribution < 1.29 is 24.0 Å². The fourth-order valence-electron chi connectivity index (χ4n) is 2.50. The summed E-state index contributed by atoms with van der Waals surface area (Å²) in [5.74, 6) is -0.290. The maximum Gasteiger partial charge on any atom is 0.343 e. The number of nitro groups is 1. The summed E-state index contributed by atoms with van der Waals surface area (Å²) in [5, 5.41) is 11.3. The van der Waals surface area contributed by atoms with E-state index in [4.69, 9.17) is 4.74 Å². The molecule has 0 fully saturated rings. The zero-order chi connectivity index (χ0) is 20.7. The first-order valence-corrected chi connectivity index (χ1v) is 8.62. The molecule has 0 unspecified atom stereocenters. The molecule has 0 aliphatic carbocycles. The maximum atomic E-state index is 12.3. The second-order valence-corrected chi connectivity index (χ2v) is 6.32. The van der Waals surface area contributed by atoms with Crippen molar-refractivity contribution in [1.29, 1.82) is 0 Å². The van der Waals surface area contributed by atoms with Crippen molar-refractivity contribution in [3.63, 3.8) is 0 Å². The van der Waals surface area contributed by atoms with E-state index in [1.54, 1.807) is 42.5 Å². The number of benzene rings is 2. The highest BCUT2D eigenvalue weighted by Crippen LogP contribution is 2.27. The van der Waals surface area contributed by atoms with Crippen molar-refractivity contribution in [1.82, 2.24) is 0 Å². The maximum absolute atomic E-state index is 12.3. The first-order chi connectivity index (χ1) is 13.3. The summed E-state index contributed by atoms with van der Waals surface area (Å²) in [7, 11) is 1.27. The molecule has 0 N–H and O–H groups in total. The molecule has 0 heterocycles. The first-order valence-electron chi connectivity index (χ1n) is 8.62. The Morgan fingerprint density at radius 3 is 2.39 bits per heavy atom. The Morgan fingerprint density at radius 1 is 1.14 bits per heavy atom. The molecule has 0 spiro atoms. The highest BCUT2D eigenvalue weighted by molar-refractivity contribution is 6.06. The third kappa shape index (κ3) is 5.51. The van der Waals surface area contributed by atoms with E-state index in [2.05, 4.69) is 4.74 Å². The van der Waals surface area contributed by atoms with E-state index in [9.17, 15) is 19.7 Å². The van der Waals surface area contributed by atoms with Crippen LogP contribution in [0.1, 0.15) is 41.3 Å². The van der Waals surface area contributed by atoms with E-state index in [0.29, 0.717) is 22.4 Å². The normalized spacial score (nSPS) is 10.9. The van der Waals surface area contributed by atoms with Gasteiger partial charge in [0.15, 0.2) is 12.4 Å². The van der Waals surface area contributed by atoms with Gasteiger partial charge in [0.05, 0.1) is 12.0 Å². The molecule has 146 valence electrons. The summed E-state index contributed by atoms with van der Waals surface area (Å²) in [6.07, 6.45) is 2.90. The lowest BCUT2D eigenvalue weighted by atomic mass is 9.99. The molecule has 0 atom stereocenters. The molecule has 7 heteroatoms. The number of carbonyl (C=O) groups excluding carboxylic acids is 2. The Bertz CT molecular complexity index is 900. The number of methoxy groups -OCH3 is 1. The minimum atomic E-state index is -0.499. The molecule has 0 amide bonds. The standard InChI is InChI=1S/C21H21NO6/c1-14(2)18-10-4-15(12-19(18)22(25)26)5-11-20(23)16-6-8-17(9-7-16)28-13-21(24)27-3/h4-12,14H,13H2,1-3H3/b11-5+. The van der Waals surface area contributed by atoms with E-state index in [0.717, 1.165) is 0 Å². The van der Waals surface area contributed by atoms with Crippen LogP contribution in [0.3, 0.4) is 0 Å². The molecular weight excluding hydrogens is 362 g/mol. The molecule has 0 aliphatic rings. The van der Waals surface area contributed by atoms with Gasteiger partial charge in [-0.1, -0.05) is 32.1 Å². The number of ether oxygens (including phenoxy) is 2. The molecule has 2 aromatic rings. The number of esters is 1. The van der Waals surface area contributed by atoms with Gasteiger partial charge in [0, 0.05) is 17.2 Å². The Hall–Kier alpha value is -3.48. The molecule has 0 aromatic heterocycles. The summed E-state index contributed by atoms with van der Waals surface area (Å²) in [6.45, 7) is 3.56. The number of nitro benzene ring substituents is 1. The minimum absolute atomic E-state index is 0.0278. The lowest BCUT2D eigenvalue weighted by Gasteiger charge is -2.07. The van der Waals surface area contributed by atoms with Crippen molar-refractivity contribution in [2.45, 2.75) is 19.8 Å². The Balaban J connectivity index is 2.10. The van der Waals surface area contributed by atoms with Gasteiger partial charge in [-0.05, 0) is 41.8 Å². The smallest absolute Gasteiger partial charge is 0.343 e. The number of nitrogens with zero attached hydrogens (tertiary/aromatic N) is 1. The Morgan fingerprint density at radius 2 is 1.82 bits per heavy atom. The fourth-order valence-corrected chi connectivity index (χ4v) is 2.50.